The molecule has 0 nitrogen and oxygen atoms in total. The molecule has 0 aromatic carbocycles. The van der Waals surface area contributed by atoms with Gasteiger partial charge in [-0.3, -0.25) is 0 Å². The Morgan fingerprint density at radius 3 is 2.57 bits per heavy atom. The summed E-state index contributed by atoms with van der Waals surface area (Å²) >= 11 is 0. The minimum Gasteiger partial charge on any atom is -0.0845 e. The molecule has 7 unspecified atom stereocenters. The Balaban J connectivity index is 1.57. The molecule has 0 aromatic rings. The summed E-state index contributed by atoms with van der Waals surface area (Å²) in [6.45, 7) is 4.84. The predicted octanol–water partition coefficient (Wildman–Crippen LogP) is 7.00. The lowest BCUT2D eigenvalue weighted by Crippen LogP contribution is -2.44. The van der Waals surface area contributed by atoms with E-state index < -0.39 is 0 Å². The Labute approximate surface area is 144 Å². The molecular formula is C23H38. The molecule has 4 aliphatic rings. The fourth-order valence-corrected chi connectivity index (χ4v) is 7.49. The maximum Gasteiger partial charge on any atom is -0.0169 e. The van der Waals surface area contributed by atoms with Crippen molar-refractivity contribution in [3.05, 3.63) is 11.6 Å². The second-order valence-electron chi connectivity index (χ2n) is 9.30. The smallest absolute Gasteiger partial charge is 0.0169 e. The lowest BCUT2D eigenvalue weighted by molar-refractivity contribution is 0.0128. The van der Waals surface area contributed by atoms with E-state index in [9.17, 15) is 0 Å². The highest BCUT2D eigenvalue weighted by atomic mass is 14.5. The van der Waals surface area contributed by atoms with E-state index in [0.29, 0.717) is 0 Å². The van der Waals surface area contributed by atoms with E-state index in [2.05, 4.69) is 19.9 Å². The summed E-state index contributed by atoms with van der Waals surface area (Å²) in [4.78, 5) is 0. The van der Waals surface area contributed by atoms with Gasteiger partial charge < -0.3 is 0 Å². The molecule has 0 heterocycles. The van der Waals surface area contributed by atoms with Crippen molar-refractivity contribution in [2.75, 3.05) is 0 Å². The monoisotopic (exact) mass is 314 g/mol. The molecule has 0 bridgehead atoms. The highest BCUT2D eigenvalue weighted by Gasteiger charge is 2.47. The van der Waals surface area contributed by atoms with Gasteiger partial charge in [0.1, 0.15) is 0 Å². The largest absolute Gasteiger partial charge is 0.0845 e. The maximum absolute atomic E-state index is 2.80. The zero-order valence-corrected chi connectivity index (χ0v) is 15.6. The van der Waals surface area contributed by atoms with E-state index in [0.717, 1.165) is 41.4 Å². The van der Waals surface area contributed by atoms with Crippen LogP contribution in [0.3, 0.4) is 0 Å². The molecular weight excluding hydrogens is 276 g/mol. The van der Waals surface area contributed by atoms with Gasteiger partial charge in [0.25, 0.3) is 0 Å². The van der Waals surface area contributed by atoms with E-state index in [1.165, 1.54) is 51.4 Å². The summed E-state index contributed by atoms with van der Waals surface area (Å²) in [5, 5.41) is 0. The number of fused-ring (bicyclic) bond motifs is 5. The van der Waals surface area contributed by atoms with Crippen LogP contribution >= 0.6 is 0 Å². The molecule has 0 aliphatic heterocycles. The van der Waals surface area contributed by atoms with Gasteiger partial charge in [0.2, 0.25) is 0 Å². The van der Waals surface area contributed by atoms with Crippen LogP contribution < -0.4 is 0 Å². The van der Waals surface area contributed by atoms with Crippen molar-refractivity contribution in [1.82, 2.24) is 0 Å². The van der Waals surface area contributed by atoms with Crippen LogP contribution in [0.2, 0.25) is 0 Å². The lowest BCUT2D eigenvalue weighted by Gasteiger charge is -2.53. The van der Waals surface area contributed by atoms with Gasteiger partial charge >= 0.3 is 0 Å². The van der Waals surface area contributed by atoms with Gasteiger partial charge in [-0.15, -0.1) is 0 Å². The first-order chi connectivity index (χ1) is 11.3. The number of hydrogen-bond acceptors (Lipinski definition) is 0. The molecule has 0 saturated heterocycles. The predicted molar refractivity (Wildman–Crippen MR) is 99.3 cm³/mol. The SMILES string of the molecule is CCCC1C2=CCC3C4CCCCC4CCC3C2CCC1CC. The first-order valence-electron chi connectivity index (χ1n) is 11.0. The summed E-state index contributed by atoms with van der Waals surface area (Å²) in [5.74, 6) is 7.31. The normalized spacial score (nSPS) is 46.3. The van der Waals surface area contributed by atoms with Crippen molar-refractivity contribution in [2.24, 2.45) is 41.4 Å². The van der Waals surface area contributed by atoms with Gasteiger partial charge in [-0.05, 0) is 86.4 Å². The highest BCUT2D eigenvalue weighted by molar-refractivity contribution is 5.21. The molecule has 7 atom stereocenters. The van der Waals surface area contributed by atoms with Crippen molar-refractivity contribution in [1.29, 1.82) is 0 Å². The molecule has 0 spiro atoms. The van der Waals surface area contributed by atoms with Crippen molar-refractivity contribution < 1.29 is 0 Å². The fraction of sp³-hybridized carbons (Fsp3) is 0.913. The molecule has 0 N–H and O–H groups in total. The second kappa shape index (κ2) is 6.93. The van der Waals surface area contributed by atoms with Gasteiger partial charge in [-0.1, -0.05) is 57.6 Å². The summed E-state index contributed by atoms with van der Waals surface area (Å²) in [6.07, 6.45) is 20.9. The Hall–Kier alpha value is -0.260. The summed E-state index contributed by atoms with van der Waals surface area (Å²) in [6, 6.07) is 0. The molecule has 0 aromatic heterocycles. The first kappa shape index (κ1) is 16.2. The quantitative estimate of drug-likeness (QED) is 0.492. The Kier molecular flexibility index (Phi) is 4.89. The summed E-state index contributed by atoms with van der Waals surface area (Å²) in [7, 11) is 0. The van der Waals surface area contributed by atoms with Crippen LogP contribution in [0.1, 0.15) is 90.9 Å². The summed E-state index contributed by atoms with van der Waals surface area (Å²) in [5.41, 5.74) is 1.96. The van der Waals surface area contributed by atoms with Gasteiger partial charge in [0.05, 0.1) is 0 Å². The topological polar surface area (TPSA) is 0 Å². The Bertz CT molecular complexity index is 433. The van der Waals surface area contributed by atoms with Crippen LogP contribution in [-0.4, -0.2) is 0 Å². The number of hydrogen-bond donors (Lipinski definition) is 0. The van der Waals surface area contributed by atoms with Crippen LogP contribution in [0.25, 0.3) is 0 Å². The zero-order chi connectivity index (χ0) is 15.8. The van der Waals surface area contributed by atoms with E-state index in [1.807, 2.05) is 5.57 Å². The summed E-state index contributed by atoms with van der Waals surface area (Å²) < 4.78 is 0. The minimum absolute atomic E-state index is 0.953. The average Bonchev–Trinajstić information content (AvgIpc) is 2.61. The van der Waals surface area contributed by atoms with Crippen molar-refractivity contribution in [3.8, 4) is 0 Å². The van der Waals surface area contributed by atoms with Crippen molar-refractivity contribution in [2.45, 2.75) is 90.9 Å². The molecule has 0 radical (unpaired) electrons. The van der Waals surface area contributed by atoms with E-state index in [4.69, 9.17) is 0 Å². The van der Waals surface area contributed by atoms with Gasteiger partial charge in [0.15, 0.2) is 0 Å². The molecule has 3 saturated carbocycles. The Morgan fingerprint density at radius 1 is 0.870 bits per heavy atom. The maximum atomic E-state index is 2.80. The third kappa shape index (κ3) is 2.83. The number of rotatable bonds is 3. The Morgan fingerprint density at radius 2 is 1.74 bits per heavy atom. The van der Waals surface area contributed by atoms with Gasteiger partial charge in [-0.2, -0.15) is 0 Å². The van der Waals surface area contributed by atoms with E-state index in [1.54, 1.807) is 25.7 Å². The van der Waals surface area contributed by atoms with Crippen LogP contribution in [0.4, 0.5) is 0 Å². The average molecular weight is 315 g/mol. The lowest BCUT2D eigenvalue weighted by atomic mass is 9.52. The number of allylic oxidation sites excluding steroid dienone is 2. The molecule has 4 rings (SSSR count). The molecule has 3 fully saturated rings. The van der Waals surface area contributed by atoms with E-state index >= 15 is 0 Å². The van der Waals surface area contributed by atoms with Crippen molar-refractivity contribution in [3.63, 3.8) is 0 Å². The van der Waals surface area contributed by atoms with Crippen LogP contribution in [0, 0.1) is 41.4 Å². The minimum atomic E-state index is 0.953. The van der Waals surface area contributed by atoms with Gasteiger partial charge in [0, 0.05) is 0 Å². The molecule has 0 amide bonds. The molecule has 130 valence electrons. The fourth-order valence-electron chi connectivity index (χ4n) is 7.49. The first-order valence-corrected chi connectivity index (χ1v) is 11.0. The van der Waals surface area contributed by atoms with Crippen LogP contribution in [0.5, 0.6) is 0 Å². The molecule has 4 aliphatic carbocycles. The third-order valence-electron chi connectivity index (χ3n) is 8.48. The standard InChI is InChI=1S/C23H38/c1-3-7-18-16(4-2)10-12-22-20(18)14-15-21-19-9-6-5-8-17(19)11-13-23(21)22/h14,16-19,21-23H,3-13,15H2,1-2H3. The van der Waals surface area contributed by atoms with Gasteiger partial charge in [-0.25, -0.2) is 0 Å². The van der Waals surface area contributed by atoms with Crippen LogP contribution in [-0.2, 0) is 0 Å². The highest BCUT2D eigenvalue weighted by Crippen LogP contribution is 2.57. The zero-order valence-electron chi connectivity index (χ0n) is 15.6. The van der Waals surface area contributed by atoms with Crippen LogP contribution in [0.15, 0.2) is 11.6 Å². The van der Waals surface area contributed by atoms with Crippen molar-refractivity contribution >= 4 is 0 Å². The molecule has 0 heteroatoms. The molecule has 23 heavy (non-hydrogen) atoms. The third-order valence-corrected chi connectivity index (χ3v) is 8.48. The second-order valence-corrected chi connectivity index (χ2v) is 9.30. The van der Waals surface area contributed by atoms with E-state index in [-0.39, 0.29) is 0 Å².